The summed E-state index contributed by atoms with van der Waals surface area (Å²) in [6.07, 6.45) is 1.78. The van der Waals surface area contributed by atoms with Crippen molar-refractivity contribution in [3.63, 3.8) is 0 Å². The van der Waals surface area contributed by atoms with Gasteiger partial charge in [-0.1, -0.05) is 18.2 Å². The molecule has 2 aliphatic rings. The number of piperidine rings is 1. The molecule has 1 atom stereocenters. The van der Waals surface area contributed by atoms with E-state index < -0.39 is 5.54 Å². The van der Waals surface area contributed by atoms with Crippen LogP contribution in [-0.4, -0.2) is 42.6 Å². The number of methoxy groups -OCH3 is 1. The maximum Gasteiger partial charge on any atom is 0.322 e. The van der Waals surface area contributed by atoms with Crippen LogP contribution in [0.5, 0.6) is 5.75 Å². The molecule has 2 fully saturated rings. The third-order valence-corrected chi connectivity index (χ3v) is 5.06. The number of hydrogen-bond acceptors (Lipinski definition) is 4. The Balaban J connectivity index is 1.61. The van der Waals surface area contributed by atoms with Crippen LogP contribution in [0.2, 0.25) is 0 Å². The molecular weight excluding hydrogens is 294 g/mol. The number of para-hydroxylation sites is 1. The van der Waals surface area contributed by atoms with Gasteiger partial charge in [-0.15, -0.1) is 0 Å². The highest BCUT2D eigenvalue weighted by atomic mass is 16.5. The van der Waals surface area contributed by atoms with Gasteiger partial charge in [0.2, 0.25) is 0 Å². The fourth-order valence-electron chi connectivity index (χ4n) is 3.59. The van der Waals surface area contributed by atoms with Gasteiger partial charge < -0.3 is 10.1 Å². The predicted octanol–water partition coefficient (Wildman–Crippen LogP) is 1.51. The molecular formula is C17H23N3O3. The summed E-state index contributed by atoms with van der Waals surface area (Å²) in [5.41, 5.74) is 0.403. The quantitative estimate of drug-likeness (QED) is 0.826. The van der Waals surface area contributed by atoms with Gasteiger partial charge in [-0.25, -0.2) is 4.79 Å². The Morgan fingerprint density at radius 1 is 1.26 bits per heavy atom. The van der Waals surface area contributed by atoms with Gasteiger partial charge in [0.05, 0.1) is 7.11 Å². The molecule has 1 aromatic rings. The number of ether oxygens (including phenoxy) is 1. The van der Waals surface area contributed by atoms with Crippen LogP contribution in [0.1, 0.15) is 25.3 Å². The molecule has 3 rings (SSSR count). The molecule has 2 heterocycles. The molecule has 6 nitrogen and oxygen atoms in total. The van der Waals surface area contributed by atoms with Crippen LogP contribution < -0.4 is 15.4 Å². The first-order valence-electron chi connectivity index (χ1n) is 8.01. The molecule has 1 aromatic carbocycles. The molecule has 0 aromatic heterocycles. The fourth-order valence-corrected chi connectivity index (χ4v) is 3.59. The number of nitrogens with zero attached hydrogens (tertiary/aromatic N) is 1. The van der Waals surface area contributed by atoms with Crippen molar-refractivity contribution in [2.24, 2.45) is 5.92 Å². The number of benzene rings is 1. The van der Waals surface area contributed by atoms with E-state index in [4.69, 9.17) is 4.74 Å². The van der Waals surface area contributed by atoms with Crippen LogP contribution in [0.4, 0.5) is 4.79 Å². The highest BCUT2D eigenvalue weighted by Crippen LogP contribution is 2.31. The Hall–Kier alpha value is -2.08. The van der Waals surface area contributed by atoms with Gasteiger partial charge in [-0.2, -0.15) is 0 Å². The molecule has 2 aliphatic heterocycles. The van der Waals surface area contributed by atoms with Crippen molar-refractivity contribution >= 4 is 11.9 Å². The third-order valence-electron chi connectivity index (χ3n) is 5.06. The average molecular weight is 317 g/mol. The van der Waals surface area contributed by atoms with Crippen molar-refractivity contribution in [2.45, 2.75) is 31.8 Å². The average Bonchev–Trinajstić information content (AvgIpc) is 2.82. The normalized spacial score (nSPS) is 26.0. The van der Waals surface area contributed by atoms with E-state index in [2.05, 4.69) is 21.6 Å². The van der Waals surface area contributed by atoms with E-state index in [-0.39, 0.29) is 17.9 Å². The van der Waals surface area contributed by atoms with E-state index in [0.29, 0.717) is 0 Å². The van der Waals surface area contributed by atoms with E-state index in [1.54, 1.807) is 7.11 Å². The number of nitrogens with one attached hydrogen (secondary N) is 2. The second-order valence-electron chi connectivity index (χ2n) is 6.47. The predicted molar refractivity (Wildman–Crippen MR) is 86.1 cm³/mol. The Labute approximate surface area is 136 Å². The SMILES string of the molecule is COc1ccccc1CN1CCC(C2(C)NC(=O)NC2=O)CC1. The number of imide groups is 1. The van der Waals surface area contributed by atoms with Crippen LogP contribution in [0.25, 0.3) is 0 Å². The zero-order valence-electron chi connectivity index (χ0n) is 13.6. The Morgan fingerprint density at radius 2 is 1.96 bits per heavy atom. The van der Waals surface area contributed by atoms with Gasteiger partial charge in [0.1, 0.15) is 11.3 Å². The molecule has 23 heavy (non-hydrogen) atoms. The lowest BCUT2D eigenvalue weighted by atomic mass is 9.79. The number of likely N-dealkylation sites (tertiary alicyclic amines) is 1. The van der Waals surface area contributed by atoms with E-state index in [1.165, 1.54) is 5.56 Å². The minimum absolute atomic E-state index is 0.169. The summed E-state index contributed by atoms with van der Waals surface area (Å²) in [6, 6.07) is 7.66. The van der Waals surface area contributed by atoms with E-state index >= 15 is 0 Å². The maximum atomic E-state index is 12.0. The zero-order chi connectivity index (χ0) is 16.4. The standard InChI is InChI=1S/C17H23N3O3/c1-17(15(21)18-16(22)19-17)13-7-9-20(10-8-13)11-12-5-3-4-6-14(12)23-2/h3-6,13H,7-11H2,1-2H3,(H2,18,19,21,22). The largest absolute Gasteiger partial charge is 0.496 e. The smallest absolute Gasteiger partial charge is 0.322 e. The monoisotopic (exact) mass is 317 g/mol. The van der Waals surface area contributed by atoms with Crippen LogP contribution in [-0.2, 0) is 11.3 Å². The summed E-state index contributed by atoms with van der Waals surface area (Å²) < 4.78 is 5.40. The third kappa shape index (κ3) is 3.03. The number of urea groups is 1. The summed E-state index contributed by atoms with van der Waals surface area (Å²) in [5.74, 6) is 0.873. The van der Waals surface area contributed by atoms with Gasteiger partial charge in [-0.3, -0.25) is 15.0 Å². The molecule has 3 amide bonds. The topological polar surface area (TPSA) is 70.7 Å². The van der Waals surface area contributed by atoms with Crippen LogP contribution >= 0.6 is 0 Å². The van der Waals surface area contributed by atoms with E-state index in [9.17, 15) is 9.59 Å². The minimum Gasteiger partial charge on any atom is -0.496 e. The molecule has 0 saturated carbocycles. The number of amides is 3. The second kappa shape index (κ2) is 6.20. The first-order valence-corrected chi connectivity index (χ1v) is 8.01. The molecule has 6 heteroatoms. The fraction of sp³-hybridized carbons (Fsp3) is 0.529. The van der Waals surface area contributed by atoms with Crippen molar-refractivity contribution < 1.29 is 14.3 Å². The van der Waals surface area contributed by atoms with Crippen LogP contribution in [0, 0.1) is 5.92 Å². The minimum atomic E-state index is -0.770. The summed E-state index contributed by atoms with van der Waals surface area (Å²) in [7, 11) is 1.69. The summed E-state index contributed by atoms with van der Waals surface area (Å²) in [5, 5.41) is 5.15. The second-order valence-corrected chi connectivity index (χ2v) is 6.47. The Bertz CT molecular complexity index is 611. The van der Waals surface area contributed by atoms with Gasteiger partial charge >= 0.3 is 6.03 Å². The zero-order valence-corrected chi connectivity index (χ0v) is 13.6. The lowest BCUT2D eigenvalue weighted by Crippen LogP contribution is -2.53. The van der Waals surface area contributed by atoms with Crippen molar-refractivity contribution in [1.82, 2.24) is 15.5 Å². The maximum absolute atomic E-state index is 12.0. The summed E-state index contributed by atoms with van der Waals surface area (Å²) in [6.45, 7) is 4.47. The number of rotatable bonds is 4. The molecule has 0 aliphatic carbocycles. The molecule has 2 saturated heterocycles. The van der Waals surface area contributed by atoms with Crippen molar-refractivity contribution in [2.75, 3.05) is 20.2 Å². The molecule has 1 unspecified atom stereocenters. The number of carbonyl (C=O) groups is 2. The number of carbonyl (C=O) groups excluding carboxylic acids is 2. The van der Waals surface area contributed by atoms with E-state index in [1.807, 2.05) is 25.1 Å². The molecule has 0 radical (unpaired) electrons. The number of hydrogen-bond donors (Lipinski definition) is 2. The molecule has 0 bridgehead atoms. The molecule has 0 spiro atoms. The van der Waals surface area contributed by atoms with Gasteiger partial charge in [0.25, 0.3) is 5.91 Å². The van der Waals surface area contributed by atoms with E-state index in [0.717, 1.165) is 38.2 Å². The first-order chi connectivity index (χ1) is 11.0. The van der Waals surface area contributed by atoms with Crippen molar-refractivity contribution in [1.29, 1.82) is 0 Å². The van der Waals surface area contributed by atoms with Gasteiger partial charge in [-0.05, 0) is 44.8 Å². The Kier molecular flexibility index (Phi) is 4.26. The van der Waals surface area contributed by atoms with Crippen molar-refractivity contribution in [3.05, 3.63) is 29.8 Å². The highest BCUT2D eigenvalue weighted by molar-refractivity contribution is 6.06. The van der Waals surface area contributed by atoms with Crippen LogP contribution in [0.15, 0.2) is 24.3 Å². The first kappa shape index (κ1) is 15.8. The lowest BCUT2D eigenvalue weighted by molar-refractivity contribution is -0.125. The van der Waals surface area contributed by atoms with Crippen molar-refractivity contribution in [3.8, 4) is 5.75 Å². The Morgan fingerprint density at radius 3 is 2.57 bits per heavy atom. The highest BCUT2D eigenvalue weighted by Gasteiger charge is 2.48. The van der Waals surface area contributed by atoms with Gasteiger partial charge in [0, 0.05) is 12.1 Å². The van der Waals surface area contributed by atoms with Gasteiger partial charge in [0.15, 0.2) is 0 Å². The summed E-state index contributed by atoms with van der Waals surface area (Å²) >= 11 is 0. The lowest BCUT2D eigenvalue weighted by Gasteiger charge is -2.38. The summed E-state index contributed by atoms with van der Waals surface area (Å²) in [4.78, 5) is 25.8. The molecule has 2 N–H and O–H groups in total. The van der Waals surface area contributed by atoms with Crippen LogP contribution in [0.3, 0.4) is 0 Å². The molecule has 124 valence electrons.